The van der Waals surface area contributed by atoms with Gasteiger partial charge >= 0.3 is 8.38 Å². The maximum Gasteiger partial charge on any atom is 0.326 e. The summed E-state index contributed by atoms with van der Waals surface area (Å²) in [5.74, 6) is 3.33. The number of ether oxygens (including phenoxy) is 2. The molecule has 0 amide bonds. The fourth-order valence-corrected chi connectivity index (χ4v) is 10.3. The highest BCUT2D eigenvalue weighted by molar-refractivity contribution is 7.56. The van der Waals surface area contributed by atoms with E-state index >= 15 is 0 Å². The topological polar surface area (TPSA) is 36.9 Å². The van der Waals surface area contributed by atoms with Gasteiger partial charge in [-0.15, -0.1) is 0 Å². The summed E-state index contributed by atoms with van der Waals surface area (Å²) in [7, 11) is -1.63. The predicted molar refractivity (Wildman–Crippen MR) is 319 cm³/mol. The van der Waals surface area contributed by atoms with E-state index in [4.69, 9.17) is 18.5 Å². The Kier molecular flexibility index (Phi) is 16.4. The minimum Gasteiger partial charge on any atom is -0.450 e. The Morgan fingerprint density at radius 3 is 0.811 bits per heavy atom. The first-order valence-corrected chi connectivity index (χ1v) is 28.2. The Balaban J connectivity index is 1.43. The molecule has 0 radical (unpaired) electrons. The van der Waals surface area contributed by atoms with E-state index < -0.39 is 14.7 Å². The van der Waals surface area contributed by atoms with Gasteiger partial charge in [0, 0.05) is 16.7 Å². The lowest BCUT2D eigenvalue weighted by atomic mass is 9.80. The standard InChI is InChI=1S/C69H93O4P/c1-62(2,3)48-31-37-57(53(41-48)66(13,14)15)70-61(71-58-38-32-49(63(4,5)6)42-54(58)67(16,17)18)47-27-25-45(26-28-47)46-29-35-52(36-30-46)74(72-59-39-33-50(64(7,8)9)43-55(59)68(19,20)21)73-60-40-34-51(65(10,11)12)44-56(60)69(22,23)24/h25-44,61H,1-24H3. The first-order chi connectivity index (χ1) is 33.7. The molecule has 0 aliphatic carbocycles. The van der Waals surface area contributed by atoms with Gasteiger partial charge in [0.15, 0.2) is 0 Å². The molecule has 0 saturated heterocycles. The van der Waals surface area contributed by atoms with Gasteiger partial charge in [0.2, 0.25) is 0 Å². The molecule has 0 heterocycles. The molecule has 6 aromatic carbocycles. The van der Waals surface area contributed by atoms with Gasteiger partial charge in [-0.1, -0.05) is 251 Å². The van der Waals surface area contributed by atoms with E-state index in [1.54, 1.807) is 0 Å². The van der Waals surface area contributed by atoms with Crippen LogP contribution in [0.5, 0.6) is 23.0 Å². The van der Waals surface area contributed by atoms with E-state index in [1.807, 2.05) is 0 Å². The quantitative estimate of drug-likeness (QED) is 0.0957. The summed E-state index contributed by atoms with van der Waals surface area (Å²) in [4.78, 5) is 0. The lowest BCUT2D eigenvalue weighted by Gasteiger charge is -2.31. The SMILES string of the molecule is CC(C)(C)c1ccc(OC(Oc2ccc(C(C)(C)C)cc2C(C)(C)C)c2ccc(-c3ccc(P(Oc4ccc(C(C)(C)C)cc4C(C)(C)C)Oc4ccc(C(C)(C)C)cc4C(C)(C)C)cc3)cc2)c(C(C)(C)C)c1. The molecule has 4 nitrogen and oxygen atoms in total. The van der Waals surface area contributed by atoms with Gasteiger partial charge in [0.25, 0.3) is 6.29 Å². The molecular weight excluding hydrogens is 924 g/mol. The van der Waals surface area contributed by atoms with Crippen molar-refractivity contribution in [1.82, 2.24) is 0 Å². The van der Waals surface area contributed by atoms with Crippen molar-refractivity contribution in [3.05, 3.63) is 171 Å². The lowest BCUT2D eigenvalue weighted by Crippen LogP contribution is -2.23. The molecule has 0 fully saturated rings. The van der Waals surface area contributed by atoms with Gasteiger partial charge in [-0.2, -0.15) is 0 Å². The summed E-state index contributed by atoms with van der Waals surface area (Å²) < 4.78 is 28.7. The Labute approximate surface area is 451 Å². The second-order valence-corrected chi connectivity index (χ2v) is 30.4. The molecule has 0 N–H and O–H groups in total. The molecular formula is C69H93O4P. The van der Waals surface area contributed by atoms with Crippen LogP contribution in [0.1, 0.15) is 223 Å². The third-order valence-corrected chi connectivity index (χ3v) is 15.5. The van der Waals surface area contributed by atoms with Crippen LogP contribution in [0.25, 0.3) is 11.1 Å². The molecule has 0 unspecified atom stereocenters. The predicted octanol–water partition coefficient (Wildman–Crippen LogP) is 20.0. The third-order valence-electron chi connectivity index (χ3n) is 14.0. The van der Waals surface area contributed by atoms with Gasteiger partial charge in [0.05, 0.1) is 5.30 Å². The van der Waals surface area contributed by atoms with Crippen molar-refractivity contribution in [3.8, 4) is 34.1 Å². The molecule has 0 aliphatic rings. The van der Waals surface area contributed by atoms with E-state index in [0.29, 0.717) is 0 Å². The Hall–Kier alpha value is -5.05. The largest absolute Gasteiger partial charge is 0.450 e. The zero-order chi connectivity index (χ0) is 55.4. The normalized spacial score (nSPS) is 13.4. The molecule has 6 aromatic rings. The van der Waals surface area contributed by atoms with Gasteiger partial charge in [-0.25, -0.2) is 0 Å². The highest BCUT2D eigenvalue weighted by Crippen LogP contribution is 2.48. The highest BCUT2D eigenvalue weighted by Gasteiger charge is 2.32. The highest BCUT2D eigenvalue weighted by atomic mass is 31.2. The molecule has 0 aromatic heterocycles. The first kappa shape index (κ1) is 58.2. The molecule has 0 aliphatic heterocycles. The van der Waals surface area contributed by atoms with Gasteiger partial charge < -0.3 is 18.5 Å². The van der Waals surface area contributed by atoms with Crippen LogP contribution < -0.4 is 23.8 Å². The molecule has 5 heteroatoms. The molecule has 6 rings (SSSR count). The Morgan fingerprint density at radius 1 is 0.284 bits per heavy atom. The van der Waals surface area contributed by atoms with Crippen LogP contribution in [0.3, 0.4) is 0 Å². The molecule has 0 spiro atoms. The van der Waals surface area contributed by atoms with Crippen molar-refractivity contribution in [2.45, 2.75) is 216 Å². The molecule has 0 saturated carbocycles. The van der Waals surface area contributed by atoms with E-state index in [0.717, 1.165) is 67.2 Å². The number of benzene rings is 6. The van der Waals surface area contributed by atoms with E-state index in [1.165, 1.54) is 22.3 Å². The smallest absolute Gasteiger partial charge is 0.326 e. The van der Waals surface area contributed by atoms with Crippen LogP contribution >= 0.6 is 8.38 Å². The van der Waals surface area contributed by atoms with Crippen molar-refractivity contribution in [2.24, 2.45) is 0 Å². The van der Waals surface area contributed by atoms with Gasteiger partial charge in [-0.3, -0.25) is 0 Å². The second-order valence-electron chi connectivity index (χ2n) is 29.0. The number of hydrogen-bond acceptors (Lipinski definition) is 4. The minimum absolute atomic E-state index is 0.00647. The van der Waals surface area contributed by atoms with E-state index in [9.17, 15) is 0 Å². The summed E-state index contributed by atoms with van der Waals surface area (Å²) >= 11 is 0. The minimum atomic E-state index is -1.63. The molecule has 398 valence electrons. The van der Waals surface area contributed by atoms with E-state index in [2.05, 4.69) is 287 Å². The maximum atomic E-state index is 7.20. The van der Waals surface area contributed by atoms with E-state index in [-0.39, 0.29) is 43.3 Å². The zero-order valence-corrected chi connectivity index (χ0v) is 51.1. The number of rotatable bonds is 11. The second kappa shape index (κ2) is 20.8. The Morgan fingerprint density at radius 2 is 0.541 bits per heavy atom. The Bertz CT molecular complexity index is 2530. The zero-order valence-electron chi connectivity index (χ0n) is 50.2. The average molecular weight is 1020 g/mol. The van der Waals surface area contributed by atoms with Gasteiger partial charge in [0.1, 0.15) is 23.0 Å². The van der Waals surface area contributed by atoms with Crippen LogP contribution in [-0.2, 0) is 43.3 Å². The van der Waals surface area contributed by atoms with Crippen molar-refractivity contribution in [2.75, 3.05) is 0 Å². The molecule has 74 heavy (non-hydrogen) atoms. The van der Waals surface area contributed by atoms with Crippen LogP contribution in [0.4, 0.5) is 0 Å². The molecule has 0 bridgehead atoms. The van der Waals surface area contributed by atoms with Crippen molar-refractivity contribution in [1.29, 1.82) is 0 Å². The average Bonchev–Trinajstić information content (AvgIpc) is 3.26. The summed E-state index contributed by atoms with van der Waals surface area (Å²) in [6.07, 6.45) is -0.724. The first-order valence-electron chi connectivity index (χ1n) is 27.0. The molecule has 0 atom stereocenters. The van der Waals surface area contributed by atoms with Gasteiger partial charge in [-0.05, 0) is 124 Å². The maximum absolute atomic E-state index is 7.20. The van der Waals surface area contributed by atoms with Crippen LogP contribution in [0.2, 0.25) is 0 Å². The lowest BCUT2D eigenvalue weighted by molar-refractivity contribution is 0.00116. The number of hydrogen-bond donors (Lipinski definition) is 0. The van der Waals surface area contributed by atoms with Crippen molar-refractivity contribution >= 4 is 13.7 Å². The monoisotopic (exact) mass is 1020 g/mol. The van der Waals surface area contributed by atoms with Crippen LogP contribution in [0, 0.1) is 0 Å². The summed E-state index contributed by atoms with van der Waals surface area (Å²) in [6, 6.07) is 44.1. The fourth-order valence-electron chi connectivity index (χ4n) is 9.00. The van der Waals surface area contributed by atoms with Crippen LogP contribution in [-0.4, -0.2) is 0 Å². The summed E-state index contributed by atoms with van der Waals surface area (Å²) in [5.41, 5.74) is 12.1. The third kappa shape index (κ3) is 14.2. The van der Waals surface area contributed by atoms with Crippen molar-refractivity contribution < 1.29 is 18.5 Å². The fraction of sp³-hybridized carbons (Fsp3) is 0.478. The summed E-state index contributed by atoms with van der Waals surface area (Å²) in [6.45, 7) is 54.2. The van der Waals surface area contributed by atoms with Crippen molar-refractivity contribution in [3.63, 3.8) is 0 Å². The summed E-state index contributed by atoms with van der Waals surface area (Å²) in [5, 5.41) is 0.987. The van der Waals surface area contributed by atoms with Crippen LogP contribution in [0.15, 0.2) is 121 Å².